The number of pyridine rings is 1. The van der Waals surface area contributed by atoms with Crippen molar-refractivity contribution in [2.24, 2.45) is 5.92 Å². The number of aromatic nitrogens is 4. The average Bonchev–Trinajstić information content (AvgIpc) is 3.18. The molecule has 10 heteroatoms. The van der Waals surface area contributed by atoms with Crippen LogP contribution in [0.2, 0.25) is 0 Å². The minimum Gasteiger partial charge on any atom is -0.352 e. The molecule has 1 amide bonds. The SMILES string of the molecule is C[C@H]1CN(c2ncc(F)c(N3CC(C(=O)NC(C)(C)c4cnc5ccccn45)C3)n2)C[C@H](C)N1. The molecule has 0 bridgehead atoms. The number of imidazole rings is 1. The van der Waals surface area contributed by atoms with Gasteiger partial charge in [-0.25, -0.2) is 14.4 Å². The quantitative estimate of drug-likeness (QED) is 0.594. The predicted molar refractivity (Wildman–Crippen MR) is 128 cm³/mol. The summed E-state index contributed by atoms with van der Waals surface area (Å²) < 4.78 is 16.6. The van der Waals surface area contributed by atoms with E-state index in [1.807, 2.05) is 42.6 Å². The maximum Gasteiger partial charge on any atom is 0.227 e. The molecule has 2 aliphatic heterocycles. The molecule has 5 rings (SSSR count). The Balaban J connectivity index is 1.25. The Kier molecular flexibility index (Phi) is 5.63. The van der Waals surface area contributed by atoms with E-state index < -0.39 is 11.4 Å². The zero-order valence-electron chi connectivity index (χ0n) is 20.0. The number of fused-ring (bicyclic) bond motifs is 1. The van der Waals surface area contributed by atoms with Gasteiger partial charge in [0.2, 0.25) is 11.9 Å². The molecule has 3 aromatic heterocycles. The lowest BCUT2D eigenvalue weighted by molar-refractivity contribution is -0.127. The van der Waals surface area contributed by atoms with E-state index in [9.17, 15) is 9.18 Å². The number of nitrogens with zero attached hydrogens (tertiary/aromatic N) is 6. The van der Waals surface area contributed by atoms with Crippen molar-refractivity contribution < 1.29 is 9.18 Å². The first-order valence-corrected chi connectivity index (χ1v) is 11.7. The first-order chi connectivity index (χ1) is 16.2. The predicted octanol–water partition coefficient (Wildman–Crippen LogP) is 1.94. The highest BCUT2D eigenvalue weighted by Crippen LogP contribution is 2.29. The second kappa shape index (κ2) is 8.50. The highest BCUT2D eigenvalue weighted by Gasteiger charge is 2.38. The summed E-state index contributed by atoms with van der Waals surface area (Å²) in [5.74, 6) is 0.0131. The Hall–Kier alpha value is -3.27. The van der Waals surface area contributed by atoms with Gasteiger partial charge in [0.05, 0.1) is 29.5 Å². The van der Waals surface area contributed by atoms with E-state index in [0.717, 1.165) is 24.4 Å². The molecule has 2 N–H and O–H groups in total. The van der Waals surface area contributed by atoms with Crippen molar-refractivity contribution in [2.45, 2.75) is 45.3 Å². The summed E-state index contributed by atoms with van der Waals surface area (Å²) >= 11 is 0. The molecule has 0 radical (unpaired) electrons. The molecule has 2 aliphatic rings. The molecule has 0 aromatic carbocycles. The Morgan fingerprint density at radius 1 is 1.09 bits per heavy atom. The second-order valence-corrected chi connectivity index (χ2v) is 10.0. The number of anilines is 2. The minimum absolute atomic E-state index is 0.0634. The van der Waals surface area contributed by atoms with Crippen molar-refractivity contribution in [2.75, 3.05) is 36.0 Å². The summed E-state index contributed by atoms with van der Waals surface area (Å²) in [5, 5.41) is 6.62. The van der Waals surface area contributed by atoms with Gasteiger partial charge >= 0.3 is 0 Å². The van der Waals surface area contributed by atoms with Gasteiger partial charge in [-0.15, -0.1) is 0 Å². The number of carbonyl (C=O) groups is 1. The number of amides is 1. The van der Waals surface area contributed by atoms with Crippen LogP contribution in [0.1, 0.15) is 33.4 Å². The first kappa shape index (κ1) is 22.5. The number of piperazine rings is 1. The fourth-order valence-electron chi connectivity index (χ4n) is 4.90. The Labute approximate surface area is 198 Å². The van der Waals surface area contributed by atoms with E-state index in [1.165, 1.54) is 6.20 Å². The molecular formula is C24H31FN8O. The Morgan fingerprint density at radius 2 is 1.82 bits per heavy atom. The highest BCUT2D eigenvalue weighted by atomic mass is 19.1. The zero-order valence-corrected chi connectivity index (χ0v) is 20.0. The number of hydrogen-bond donors (Lipinski definition) is 2. The molecule has 2 fully saturated rings. The normalized spacial score (nSPS) is 21.6. The van der Waals surface area contributed by atoms with Gasteiger partial charge in [0.15, 0.2) is 11.6 Å². The van der Waals surface area contributed by atoms with E-state index in [-0.39, 0.29) is 17.6 Å². The Morgan fingerprint density at radius 3 is 2.56 bits per heavy atom. The lowest BCUT2D eigenvalue weighted by atomic mass is 9.95. The fourth-order valence-corrected chi connectivity index (χ4v) is 4.90. The van der Waals surface area contributed by atoms with Crippen LogP contribution in [-0.4, -0.2) is 63.5 Å². The lowest BCUT2D eigenvalue weighted by Crippen LogP contribution is -2.57. The summed E-state index contributed by atoms with van der Waals surface area (Å²) in [6, 6.07) is 6.40. The van der Waals surface area contributed by atoms with Gasteiger partial charge in [-0.3, -0.25) is 4.79 Å². The maximum absolute atomic E-state index is 14.6. The van der Waals surface area contributed by atoms with Gasteiger partial charge in [0.25, 0.3) is 0 Å². The molecule has 5 heterocycles. The highest BCUT2D eigenvalue weighted by molar-refractivity contribution is 5.82. The van der Waals surface area contributed by atoms with Crippen LogP contribution in [-0.2, 0) is 10.3 Å². The van der Waals surface area contributed by atoms with E-state index >= 15 is 0 Å². The van der Waals surface area contributed by atoms with E-state index in [0.29, 0.717) is 31.1 Å². The minimum atomic E-state index is -0.610. The molecule has 0 aliphatic carbocycles. The summed E-state index contributed by atoms with van der Waals surface area (Å²) in [7, 11) is 0. The molecule has 180 valence electrons. The third kappa shape index (κ3) is 4.18. The number of rotatable bonds is 5. The third-order valence-corrected chi connectivity index (χ3v) is 6.60. The molecule has 2 atom stereocenters. The average molecular weight is 467 g/mol. The molecule has 0 unspecified atom stereocenters. The lowest BCUT2D eigenvalue weighted by Gasteiger charge is -2.41. The second-order valence-electron chi connectivity index (χ2n) is 10.0. The van der Waals surface area contributed by atoms with Crippen LogP contribution in [0.5, 0.6) is 0 Å². The number of nitrogens with one attached hydrogen (secondary N) is 2. The van der Waals surface area contributed by atoms with Gasteiger partial charge in [0, 0.05) is 44.5 Å². The van der Waals surface area contributed by atoms with Crippen molar-refractivity contribution in [1.29, 1.82) is 0 Å². The van der Waals surface area contributed by atoms with Crippen molar-refractivity contribution in [3.8, 4) is 0 Å². The van der Waals surface area contributed by atoms with Crippen LogP contribution in [0, 0.1) is 11.7 Å². The Bertz CT molecular complexity index is 1190. The van der Waals surface area contributed by atoms with E-state index in [4.69, 9.17) is 0 Å². The molecule has 0 spiro atoms. The van der Waals surface area contributed by atoms with Gasteiger partial charge in [-0.1, -0.05) is 6.07 Å². The summed E-state index contributed by atoms with van der Waals surface area (Å²) in [6.45, 7) is 10.5. The van der Waals surface area contributed by atoms with Crippen LogP contribution in [0.15, 0.2) is 36.8 Å². The monoisotopic (exact) mass is 466 g/mol. The first-order valence-electron chi connectivity index (χ1n) is 11.7. The van der Waals surface area contributed by atoms with Gasteiger partial charge < -0.3 is 24.8 Å². The summed E-state index contributed by atoms with van der Waals surface area (Å²) in [6.07, 6.45) is 4.96. The van der Waals surface area contributed by atoms with Crippen molar-refractivity contribution >= 4 is 23.3 Å². The topological polar surface area (TPSA) is 90.7 Å². The smallest absolute Gasteiger partial charge is 0.227 e. The maximum atomic E-state index is 14.6. The summed E-state index contributed by atoms with van der Waals surface area (Å²) in [5.41, 5.74) is 1.12. The molecule has 3 aromatic rings. The van der Waals surface area contributed by atoms with Gasteiger partial charge in [-0.05, 0) is 39.8 Å². The van der Waals surface area contributed by atoms with Crippen molar-refractivity contribution in [3.05, 3.63) is 48.3 Å². The number of carbonyl (C=O) groups excluding carboxylic acids is 1. The van der Waals surface area contributed by atoms with Crippen molar-refractivity contribution in [1.82, 2.24) is 30.0 Å². The summed E-state index contributed by atoms with van der Waals surface area (Å²) in [4.78, 5) is 30.1. The molecule has 34 heavy (non-hydrogen) atoms. The molecule has 2 saturated heterocycles. The van der Waals surface area contributed by atoms with Crippen LogP contribution in [0.4, 0.5) is 16.2 Å². The van der Waals surface area contributed by atoms with Crippen LogP contribution in [0.25, 0.3) is 5.65 Å². The molecule has 9 nitrogen and oxygen atoms in total. The van der Waals surface area contributed by atoms with Gasteiger partial charge in [0.1, 0.15) is 5.65 Å². The molecule has 0 saturated carbocycles. The van der Waals surface area contributed by atoms with E-state index in [1.54, 1.807) is 11.1 Å². The number of hydrogen-bond acceptors (Lipinski definition) is 7. The van der Waals surface area contributed by atoms with Crippen LogP contribution < -0.4 is 20.4 Å². The van der Waals surface area contributed by atoms with Crippen molar-refractivity contribution in [3.63, 3.8) is 0 Å². The zero-order chi connectivity index (χ0) is 24.0. The largest absolute Gasteiger partial charge is 0.352 e. The van der Waals surface area contributed by atoms with E-state index in [2.05, 4.69) is 44.3 Å². The van der Waals surface area contributed by atoms with Crippen LogP contribution in [0.3, 0.4) is 0 Å². The fraction of sp³-hybridized carbons (Fsp3) is 0.500. The van der Waals surface area contributed by atoms with Gasteiger partial charge in [-0.2, -0.15) is 4.98 Å². The third-order valence-electron chi connectivity index (χ3n) is 6.60. The molecular weight excluding hydrogens is 435 g/mol. The van der Waals surface area contributed by atoms with Crippen LogP contribution >= 0.6 is 0 Å². The number of halogens is 1. The standard InChI is InChI=1S/C24H31FN8O/c1-15-11-32(12-16(2)28-15)23-27-9-18(25)21(29-23)31-13-17(14-31)22(34)30-24(3,4)19-10-26-20-7-5-6-8-33(19)20/h5-10,15-17,28H,11-14H2,1-4H3,(H,30,34)/t15-,16-/m0/s1.